The average Bonchev–Trinajstić information content (AvgIpc) is 2.72. The Morgan fingerprint density at radius 3 is 3.00 bits per heavy atom. The van der Waals surface area contributed by atoms with Gasteiger partial charge in [-0.2, -0.15) is 0 Å². The number of hydrogen-bond acceptors (Lipinski definition) is 2. The Morgan fingerprint density at radius 1 is 1.59 bits per heavy atom. The number of nitro benzene ring substituents is 1. The molecular formula is C14H13NO2. The molecule has 2 rings (SSSR count). The van der Waals surface area contributed by atoms with Crippen LogP contribution in [-0.2, 0) is 0 Å². The molecule has 0 saturated heterocycles. The molecule has 3 heteroatoms. The monoisotopic (exact) mass is 227 g/mol. The van der Waals surface area contributed by atoms with Crippen LogP contribution in [0, 0.1) is 28.4 Å². The number of benzene rings is 1. The van der Waals surface area contributed by atoms with E-state index in [1.807, 2.05) is 18.2 Å². The third-order valence-electron chi connectivity index (χ3n) is 3.20. The van der Waals surface area contributed by atoms with Gasteiger partial charge < -0.3 is 0 Å². The SMILES string of the molecule is C#CCC(C)C1C=Cc2c1cccc2[N+](=O)[O-]. The highest BCUT2D eigenvalue weighted by Gasteiger charge is 2.27. The van der Waals surface area contributed by atoms with Crippen molar-refractivity contribution in [2.75, 3.05) is 0 Å². The summed E-state index contributed by atoms with van der Waals surface area (Å²) in [5, 5.41) is 10.9. The summed E-state index contributed by atoms with van der Waals surface area (Å²) in [5.41, 5.74) is 1.92. The van der Waals surface area contributed by atoms with Crippen LogP contribution in [0.5, 0.6) is 0 Å². The van der Waals surface area contributed by atoms with Gasteiger partial charge in [0, 0.05) is 18.4 Å². The maximum Gasteiger partial charge on any atom is 0.276 e. The van der Waals surface area contributed by atoms with Crippen LogP contribution < -0.4 is 0 Å². The third-order valence-corrected chi connectivity index (χ3v) is 3.20. The molecule has 0 fully saturated rings. The summed E-state index contributed by atoms with van der Waals surface area (Å²) in [7, 11) is 0. The van der Waals surface area contributed by atoms with E-state index in [9.17, 15) is 10.1 Å². The molecule has 0 heterocycles. The van der Waals surface area contributed by atoms with Gasteiger partial charge in [-0.1, -0.05) is 31.2 Å². The Labute approximate surface area is 100 Å². The van der Waals surface area contributed by atoms with Gasteiger partial charge in [-0.3, -0.25) is 10.1 Å². The van der Waals surface area contributed by atoms with Gasteiger partial charge >= 0.3 is 0 Å². The van der Waals surface area contributed by atoms with Crippen molar-refractivity contribution >= 4 is 11.8 Å². The quantitative estimate of drug-likeness (QED) is 0.451. The van der Waals surface area contributed by atoms with Crippen molar-refractivity contribution in [3.8, 4) is 12.3 Å². The van der Waals surface area contributed by atoms with Crippen molar-refractivity contribution in [2.45, 2.75) is 19.3 Å². The molecule has 1 aromatic carbocycles. The second kappa shape index (κ2) is 4.42. The lowest BCUT2D eigenvalue weighted by Gasteiger charge is -2.16. The van der Waals surface area contributed by atoms with Crippen molar-refractivity contribution in [3.63, 3.8) is 0 Å². The van der Waals surface area contributed by atoms with Gasteiger partial charge in [-0.15, -0.1) is 12.3 Å². The molecule has 0 aliphatic heterocycles. The van der Waals surface area contributed by atoms with Gasteiger partial charge in [0.05, 0.1) is 10.5 Å². The Bertz CT molecular complexity index is 526. The molecule has 0 saturated carbocycles. The Kier molecular flexibility index (Phi) is 2.97. The maximum absolute atomic E-state index is 10.9. The lowest BCUT2D eigenvalue weighted by molar-refractivity contribution is -0.385. The van der Waals surface area contributed by atoms with Crippen molar-refractivity contribution in [3.05, 3.63) is 45.5 Å². The van der Waals surface area contributed by atoms with Crippen LogP contribution in [0.25, 0.3) is 6.08 Å². The first-order chi connectivity index (χ1) is 8.15. The summed E-state index contributed by atoms with van der Waals surface area (Å²) >= 11 is 0. The molecule has 2 atom stereocenters. The lowest BCUT2D eigenvalue weighted by Crippen LogP contribution is -2.06. The third kappa shape index (κ3) is 1.94. The van der Waals surface area contributed by atoms with Crippen molar-refractivity contribution in [1.82, 2.24) is 0 Å². The Morgan fingerprint density at radius 2 is 2.35 bits per heavy atom. The van der Waals surface area contributed by atoms with E-state index in [0.717, 1.165) is 11.1 Å². The minimum Gasteiger partial charge on any atom is -0.258 e. The zero-order valence-corrected chi connectivity index (χ0v) is 9.59. The molecule has 0 bridgehead atoms. The van der Waals surface area contributed by atoms with Crippen LogP contribution in [0.1, 0.15) is 30.4 Å². The largest absolute Gasteiger partial charge is 0.276 e. The topological polar surface area (TPSA) is 43.1 Å². The Hall–Kier alpha value is -2.08. The summed E-state index contributed by atoms with van der Waals surface area (Å²) in [6.45, 7) is 2.07. The van der Waals surface area contributed by atoms with Crippen LogP contribution in [0.3, 0.4) is 0 Å². The summed E-state index contributed by atoms with van der Waals surface area (Å²) in [6.07, 6.45) is 9.84. The van der Waals surface area contributed by atoms with Gasteiger partial charge in [0.15, 0.2) is 0 Å². The number of rotatable bonds is 3. The first-order valence-corrected chi connectivity index (χ1v) is 5.54. The highest BCUT2D eigenvalue weighted by atomic mass is 16.6. The number of fused-ring (bicyclic) bond motifs is 1. The molecule has 1 aliphatic carbocycles. The Balaban J connectivity index is 2.41. The predicted octanol–water partition coefficient (Wildman–Crippen LogP) is 3.36. The highest BCUT2D eigenvalue weighted by molar-refractivity contribution is 5.70. The van der Waals surface area contributed by atoms with Gasteiger partial charge in [-0.05, 0) is 11.5 Å². The molecule has 0 spiro atoms. The molecule has 0 radical (unpaired) electrons. The zero-order valence-electron chi connectivity index (χ0n) is 9.59. The molecular weight excluding hydrogens is 214 g/mol. The van der Waals surface area contributed by atoms with E-state index in [4.69, 9.17) is 6.42 Å². The number of allylic oxidation sites excluding steroid dienone is 1. The van der Waals surface area contributed by atoms with Gasteiger partial charge in [-0.25, -0.2) is 0 Å². The normalized spacial score (nSPS) is 18.5. The molecule has 0 aromatic heterocycles. The summed E-state index contributed by atoms with van der Waals surface area (Å²) in [6, 6.07) is 5.22. The minimum atomic E-state index is -0.336. The number of terminal acetylenes is 1. The average molecular weight is 227 g/mol. The maximum atomic E-state index is 10.9. The second-order valence-electron chi connectivity index (χ2n) is 4.31. The van der Waals surface area contributed by atoms with E-state index in [0.29, 0.717) is 12.3 Å². The smallest absolute Gasteiger partial charge is 0.258 e. The van der Waals surface area contributed by atoms with E-state index < -0.39 is 0 Å². The molecule has 1 aliphatic rings. The molecule has 1 aromatic rings. The number of nitro groups is 1. The van der Waals surface area contributed by atoms with Crippen LogP contribution in [0.2, 0.25) is 0 Å². The van der Waals surface area contributed by atoms with E-state index in [-0.39, 0.29) is 16.5 Å². The van der Waals surface area contributed by atoms with E-state index >= 15 is 0 Å². The molecule has 0 N–H and O–H groups in total. The molecule has 86 valence electrons. The molecule has 0 amide bonds. The predicted molar refractivity (Wildman–Crippen MR) is 67.5 cm³/mol. The molecule has 2 unspecified atom stereocenters. The van der Waals surface area contributed by atoms with Gasteiger partial charge in [0.2, 0.25) is 0 Å². The summed E-state index contributed by atoms with van der Waals surface area (Å²) in [5.74, 6) is 3.15. The van der Waals surface area contributed by atoms with Crippen molar-refractivity contribution in [1.29, 1.82) is 0 Å². The van der Waals surface area contributed by atoms with E-state index in [1.54, 1.807) is 6.07 Å². The van der Waals surface area contributed by atoms with Gasteiger partial charge in [0.25, 0.3) is 5.69 Å². The molecule has 3 nitrogen and oxygen atoms in total. The van der Waals surface area contributed by atoms with Crippen LogP contribution in [-0.4, -0.2) is 4.92 Å². The fourth-order valence-electron chi connectivity index (χ4n) is 2.31. The fraction of sp³-hybridized carbons (Fsp3) is 0.286. The second-order valence-corrected chi connectivity index (χ2v) is 4.31. The van der Waals surface area contributed by atoms with Crippen LogP contribution >= 0.6 is 0 Å². The number of hydrogen-bond donors (Lipinski definition) is 0. The van der Waals surface area contributed by atoms with Crippen molar-refractivity contribution < 1.29 is 4.92 Å². The summed E-state index contributed by atoms with van der Waals surface area (Å²) in [4.78, 5) is 10.6. The highest BCUT2D eigenvalue weighted by Crippen LogP contribution is 2.40. The standard InChI is InChI=1S/C14H13NO2/c1-3-5-10(2)11-8-9-13-12(11)6-4-7-14(13)15(16)17/h1,4,6-11H,5H2,2H3. The molecule has 17 heavy (non-hydrogen) atoms. The first-order valence-electron chi connectivity index (χ1n) is 5.54. The van der Waals surface area contributed by atoms with E-state index in [1.165, 1.54) is 6.07 Å². The zero-order chi connectivity index (χ0) is 12.4. The fourth-order valence-corrected chi connectivity index (χ4v) is 2.31. The van der Waals surface area contributed by atoms with Crippen molar-refractivity contribution in [2.24, 2.45) is 5.92 Å². The van der Waals surface area contributed by atoms with Gasteiger partial charge in [0.1, 0.15) is 0 Å². The number of nitrogens with zero attached hydrogens (tertiary/aromatic N) is 1. The van der Waals surface area contributed by atoms with E-state index in [2.05, 4.69) is 12.8 Å². The van der Waals surface area contributed by atoms with Crippen LogP contribution in [0.15, 0.2) is 24.3 Å². The minimum absolute atomic E-state index is 0.175. The lowest BCUT2D eigenvalue weighted by atomic mass is 9.87. The van der Waals surface area contributed by atoms with Crippen LogP contribution in [0.4, 0.5) is 5.69 Å². The summed E-state index contributed by atoms with van der Waals surface area (Å²) < 4.78 is 0. The first kappa shape index (κ1) is 11.4.